The summed E-state index contributed by atoms with van der Waals surface area (Å²) in [5.41, 5.74) is 3.75. The van der Waals surface area contributed by atoms with Gasteiger partial charge in [0, 0.05) is 38.7 Å². The maximum atomic E-state index is 12.3. The molecule has 1 aliphatic rings. The maximum Gasteiger partial charge on any atom is 0.251 e. The molecule has 0 aromatic heterocycles. The summed E-state index contributed by atoms with van der Waals surface area (Å²) >= 11 is 0. The van der Waals surface area contributed by atoms with E-state index >= 15 is 0 Å². The van der Waals surface area contributed by atoms with E-state index in [4.69, 9.17) is 4.74 Å². The van der Waals surface area contributed by atoms with E-state index in [1.54, 1.807) is 37.2 Å². The van der Waals surface area contributed by atoms with Crippen molar-refractivity contribution in [3.8, 4) is 5.75 Å². The molecule has 1 heterocycles. The van der Waals surface area contributed by atoms with Crippen LogP contribution in [0.4, 0.5) is 0 Å². The van der Waals surface area contributed by atoms with E-state index in [0.29, 0.717) is 12.1 Å². The lowest BCUT2D eigenvalue weighted by atomic mass is 10.1. The van der Waals surface area contributed by atoms with E-state index < -0.39 is 0 Å². The van der Waals surface area contributed by atoms with Crippen LogP contribution in [0.25, 0.3) is 6.08 Å². The number of carbonyl (C=O) groups excluding carboxylic acids is 2. The Bertz CT molecular complexity index is 841. The van der Waals surface area contributed by atoms with Gasteiger partial charge in [-0.3, -0.25) is 9.59 Å². The fourth-order valence-electron chi connectivity index (χ4n) is 2.86. The Morgan fingerprint density at radius 2 is 1.96 bits per heavy atom. The summed E-state index contributed by atoms with van der Waals surface area (Å²) < 4.78 is 5.49. The molecule has 1 aliphatic heterocycles. The van der Waals surface area contributed by atoms with Gasteiger partial charge in [0.25, 0.3) is 5.91 Å². The van der Waals surface area contributed by atoms with Crippen LogP contribution in [0.1, 0.15) is 27.0 Å². The zero-order valence-electron chi connectivity index (χ0n) is 15.0. The third kappa shape index (κ3) is 4.11. The van der Waals surface area contributed by atoms with Gasteiger partial charge in [-0.25, -0.2) is 0 Å². The highest BCUT2D eigenvalue weighted by Crippen LogP contribution is 2.26. The average Bonchev–Trinajstić information content (AvgIpc) is 3.13. The Morgan fingerprint density at radius 3 is 2.69 bits per heavy atom. The SMILES string of the molecule is CNC(=O)c1ccc(CN(C)C(=O)/C=C/c2ccc3c(c2)CCO3)cc1. The third-order valence-electron chi connectivity index (χ3n) is 4.37. The lowest BCUT2D eigenvalue weighted by Crippen LogP contribution is -2.24. The van der Waals surface area contributed by atoms with E-state index in [1.807, 2.05) is 30.3 Å². The molecule has 1 N–H and O–H groups in total. The summed E-state index contributed by atoms with van der Waals surface area (Å²) in [6.45, 7) is 1.21. The van der Waals surface area contributed by atoms with Gasteiger partial charge in [-0.15, -0.1) is 0 Å². The molecule has 0 atom stereocenters. The Kier molecular flexibility index (Phi) is 5.37. The first kappa shape index (κ1) is 17.7. The van der Waals surface area contributed by atoms with Gasteiger partial charge in [-0.1, -0.05) is 18.2 Å². The number of nitrogens with zero attached hydrogens (tertiary/aromatic N) is 1. The molecule has 0 saturated carbocycles. The molecule has 3 rings (SSSR count). The van der Waals surface area contributed by atoms with Crippen molar-refractivity contribution in [3.05, 3.63) is 70.8 Å². The van der Waals surface area contributed by atoms with Crippen LogP contribution in [0.15, 0.2) is 48.5 Å². The number of carbonyl (C=O) groups is 2. The van der Waals surface area contributed by atoms with Crippen LogP contribution < -0.4 is 10.1 Å². The van der Waals surface area contributed by atoms with Crippen LogP contribution >= 0.6 is 0 Å². The van der Waals surface area contributed by atoms with Crippen molar-refractivity contribution in [1.82, 2.24) is 10.2 Å². The average molecular weight is 350 g/mol. The molecule has 0 saturated heterocycles. The molecular weight excluding hydrogens is 328 g/mol. The number of likely N-dealkylation sites (N-methyl/N-ethyl adjacent to an activating group) is 1. The number of hydrogen-bond donors (Lipinski definition) is 1. The molecule has 5 heteroatoms. The zero-order valence-corrected chi connectivity index (χ0v) is 15.0. The van der Waals surface area contributed by atoms with Gasteiger partial charge in [0.1, 0.15) is 5.75 Å². The minimum Gasteiger partial charge on any atom is -0.493 e. The van der Waals surface area contributed by atoms with E-state index in [0.717, 1.165) is 29.9 Å². The Hall–Kier alpha value is -3.08. The van der Waals surface area contributed by atoms with Gasteiger partial charge in [0.05, 0.1) is 6.61 Å². The summed E-state index contributed by atoms with van der Waals surface area (Å²) in [6.07, 6.45) is 4.32. The van der Waals surface area contributed by atoms with Crippen molar-refractivity contribution in [2.45, 2.75) is 13.0 Å². The van der Waals surface area contributed by atoms with Crippen molar-refractivity contribution in [3.63, 3.8) is 0 Å². The molecule has 5 nitrogen and oxygen atoms in total. The predicted octanol–water partition coefficient (Wildman–Crippen LogP) is 2.65. The van der Waals surface area contributed by atoms with Gasteiger partial charge in [-0.05, 0) is 47.0 Å². The van der Waals surface area contributed by atoms with Crippen LogP contribution in [0.3, 0.4) is 0 Å². The summed E-state index contributed by atoms with van der Waals surface area (Å²) in [6, 6.07) is 13.2. The smallest absolute Gasteiger partial charge is 0.251 e. The first-order valence-electron chi connectivity index (χ1n) is 8.57. The fourth-order valence-corrected chi connectivity index (χ4v) is 2.86. The van der Waals surface area contributed by atoms with Crippen molar-refractivity contribution >= 4 is 17.9 Å². The largest absolute Gasteiger partial charge is 0.493 e. The van der Waals surface area contributed by atoms with E-state index in [-0.39, 0.29) is 11.8 Å². The molecule has 0 spiro atoms. The quantitative estimate of drug-likeness (QED) is 0.844. The van der Waals surface area contributed by atoms with Crippen molar-refractivity contribution < 1.29 is 14.3 Å². The highest BCUT2D eigenvalue weighted by Gasteiger charge is 2.12. The fraction of sp³-hybridized carbons (Fsp3) is 0.238. The van der Waals surface area contributed by atoms with E-state index in [9.17, 15) is 9.59 Å². The highest BCUT2D eigenvalue weighted by atomic mass is 16.5. The van der Waals surface area contributed by atoms with E-state index in [1.165, 1.54) is 5.56 Å². The minimum absolute atomic E-state index is 0.0721. The molecule has 2 aromatic rings. The molecule has 0 fully saturated rings. The Morgan fingerprint density at radius 1 is 1.19 bits per heavy atom. The number of benzene rings is 2. The maximum absolute atomic E-state index is 12.3. The van der Waals surface area contributed by atoms with Crippen molar-refractivity contribution in [1.29, 1.82) is 0 Å². The second-order valence-electron chi connectivity index (χ2n) is 6.27. The number of nitrogens with one attached hydrogen (secondary N) is 1. The monoisotopic (exact) mass is 350 g/mol. The summed E-state index contributed by atoms with van der Waals surface area (Å²) in [7, 11) is 3.36. The van der Waals surface area contributed by atoms with Gasteiger partial charge in [-0.2, -0.15) is 0 Å². The third-order valence-corrected chi connectivity index (χ3v) is 4.37. The van der Waals surface area contributed by atoms with Gasteiger partial charge in [0.2, 0.25) is 5.91 Å². The predicted molar refractivity (Wildman–Crippen MR) is 101 cm³/mol. The lowest BCUT2D eigenvalue weighted by molar-refractivity contribution is -0.125. The minimum atomic E-state index is -0.122. The molecule has 0 aliphatic carbocycles. The van der Waals surface area contributed by atoms with Crippen molar-refractivity contribution in [2.24, 2.45) is 0 Å². The number of ether oxygens (including phenoxy) is 1. The molecule has 2 amide bonds. The summed E-state index contributed by atoms with van der Waals surface area (Å²) in [5.74, 6) is 0.742. The molecule has 0 bridgehead atoms. The second kappa shape index (κ2) is 7.87. The first-order valence-corrected chi connectivity index (χ1v) is 8.57. The Balaban J connectivity index is 1.60. The number of rotatable bonds is 5. The molecule has 2 aromatic carbocycles. The van der Waals surface area contributed by atoms with Gasteiger partial charge >= 0.3 is 0 Å². The topological polar surface area (TPSA) is 58.6 Å². The number of fused-ring (bicyclic) bond motifs is 1. The van der Waals surface area contributed by atoms with Crippen LogP contribution in [-0.2, 0) is 17.8 Å². The molecule has 26 heavy (non-hydrogen) atoms. The molecular formula is C21H22N2O3. The number of amides is 2. The van der Waals surface area contributed by atoms with Crippen LogP contribution in [0.2, 0.25) is 0 Å². The van der Waals surface area contributed by atoms with Gasteiger partial charge in [0.15, 0.2) is 0 Å². The number of hydrogen-bond acceptors (Lipinski definition) is 3. The zero-order chi connectivity index (χ0) is 18.5. The first-order chi connectivity index (χ1) is 12.6. The molecule has 0 unspecified atom stereocenters. The lowest BCUT2D eigenvalue weighted by Gasteiger charge is -2.15. The molecule has 134 valence electrons. The summed E-state index contributed by atoms with van der Waals surface area (Å²) in [5, 5.41) is 2.59. The van der Waals surface area contributed by atoms with Crippen molar-refractivity contribution in [2.75, 3.05) is 20.7 Å². The normalized spacial score (nSPS) is 12.5. The van der Waals surface area contributed by atoms with E-state index in [2.05, 4.69) is 11.4 Å². The van der Waals surface area contributed by atoms with Crippen LogP contribution in [0, 0.1) is 0 Å². The highest BCUT2D eigenvalue weighted by molar-refractivity contribution is 5.94. The second-order valence-corrected chi connectivity index (χ2v) is 6.27. The standard InChI is InChI=1S/C21H22N2O3/c1-22-21(25)17-7-3-16(4-8-17)14-23(2)20(24)10-6-15-5-9-19-18(13-15)11-12-26-19/h3-10,13H,11-12,14H2,1-2H3,(H,22,25)/b10-6+. The van der Waals surface area contributed by atoms with Gasteiger partial charge < -0.3 is 15.0 Å². The molecule has 0 radical (unpaired) electrons. The van der Waals surface area contributed by atoms with Crippen LogP contribution in [0.5, 0.6) is 5.75 Å². The van der Waals surface area contributed by atoms with Crippen LogP contribution in [-0.4, -0.2) is 37.4 Å². The summed E-state index contributed by atoms with van der Waals surface area (Å²) in [4.78, 5) is 25.5. The Labute approximate surface area is 153 Å².